The summed E-state index contributed by atoms with van der Waals surface area (Å²) in [7, 11) is 1.63. The van der Waals surface area contributed by atoms with Crippen LogP contribution in [0, 0.1) is 0 Å². The van der Waals surface area contributed by atoms with Gasteiger partial charge in [-0.05, 0) is 63.2 Å². The molecule has 1 saturated heterocycles. The van der Waals surface area contributed by atoms with E-state index in [1.165, 1.54) is 11.8 Å². The predicted molar refractivity (Wildman–Crippen MR) is 129 cm³/mol. The Morgan fingerprint density at radius 2 is 2.06 bits per heavy atom. The van der Waals surface area contributed by atoms with Crippen molar-refractivity contribution in [3.8, 4) is 5.75 Å². The lowest BCUT2D eigenvalue weighted by Crippen LogP contribution is -2.37. The van der Waals surface area contributed by atoms with Crippen molar-refractivity contribution in [1.29, 1.82) is 0 Å². The van der Waals surface area contributed by atoms with Crippen LogP contribution in [0.2, 0.25) is 0 Å². The highest BCUT2D eigenvalue weighted by atomic mass is 32.2. The third-order valence-corrected chi connectivity index (χ3v) is 7.19. The molecule has 0 amide bonds. The highest BCUT2D eigenvalue weighted by molar-refractivity contribution is 7.98. The zero-order valence-electron chi connectivity index (χ0n) is 18.8. The average molecular weight is 452 g/mol. The summed E-state index contributed by atoms with van der Waals surface area (Å²) in [4.78, 5) is 32.6. The zero-order chi connectivity index (χ0) is 22.7. The Kier molecular flexibility index (Phi) is 6.96. The first-order valence-electron chi connectivity index (χ1n) is 11.1. The number of carbonyl (C=O) groups is 1. The molecule has 0 unspecified atom stereocenters. The molecule has 2 heterocycles. The van der Waals surface area contributed by atoms with Crippen LogP contribution >= 0.6 is 11.8 Å². The Morgan fingerprint density at radius 1 is 1.25 bits per heavy atom. The largest absolute Gasteiger partial charge is 0.496 e. The molecule has 0 N–H and O–H groups in total. The van der Waals surface area contributed by atoms with Crippen molar-refractivity contribution in [2.75, 3.05) is 20.2 Å². The Morgan fingerprint density at radius 3 is 2.81 bits per heavy atom. The lowest BCUT2D eigenvalue weighted by Gasteiger charge is -2.24. The lowest BCUT2D eigenvalue weighted by atomic mass is 10.1. The van der Waals surface area contributed by atoms with Crippen LogP contribution < -0.4 is 10.3 Å². The number of methoxy groups -OCH3 is 1. The third-order valence-electron chi connectivity index (χ3n) is 6.17. The molecule has 6 nitrogen and oxygen atoms in total. The summed E-state index contributed by atoms with van der Waals surface area (Å²) < 4.78 is 7.35. The molecule has 0 bridgehead atoms. The van der Waals surface area contributed by atoms with Crippen LogP contribution in [0.25, 0.3) is 10.9 Å². The normalized spacial score (nSPS) is 16.5. The molecular formula is C25H29N3O3S. The number of fused-ring (bicyclic) bond motifs is 1. The molecular weight excluding hydrogens is 422 g/mol. The summed E-state index contributed by atoms with van der Waals surface area (Å²) in [6.07, 6.45) is 2.25. The number of thioether (sulfide) groups is 1. The summed E-state index contributed by atoms with van der Waals surface area (Å²) in [6, 6.07) is 13.3. The highest BCUT2D eigenvalue weighted by Gasteiger charge is 2.25. The van der Waals surface area contributed by atoms with E-state index in [0.717, 1.165) is 37.2 Å². The number of ether oxygens (including phenoxy) is 1. The molecule has 1 aliphatic heterocycles. The monoisotopic (exact) mass is 451 g/mol. The van der Waals surface area contributed by atoms with E-state index in [4.69, 9.17) is 9.72 Å². The second-order valence-electron chi connectivity index (χ2n) is 8.12. The van der Waals surface area contributed by atoms with Gasteiger partial charge >= 0.3 is 0 Å². The van der Waals surface area contributed by atoms with E-state index in [-0.39, 0.29) is 11.3 Å². The maximum Gasteiger partial charge on any atom is 0.262 e. The van der Waals surface area contributed by atoms with Gasteiger partial charge in [0.2, 0.25) is 0 Å². The van der Waals surface area contributed by atoms with E-state index < -0.39 is 0 Å². The lowest BCUT2D eigenvalue weighted by molar-refractivity contribution is 0.101. The molecule has 1 fully saturated rings. The number of rotatable bonds is 8. The number of aromatic nitrogens is 2. The van der Waals surface area contributed by atoms with E-state index >= 15 is 0 Å². The number of likely N-dealkylation sites (N-methyl/N-ethyl adjacent to an activating group) is 1. The molecule has 168 valence electrons. The van der Waals surface area contributed by atoms with Gasteiger partial charge in [0.25, 0.3) is 5.56 Å². The van der Waals surface area contributed by atoms with Crippen molar-refractivity contribution in [2.45, 2.75) is 50.2 Å². The van der Waals surface area contributed by atoms with Crippen molar-refractivity contribution >= 4 is 28.4 Å². The zero-order valence-corrected chi connectivity index (χ0v) is 19.7. The van der Waals surface area contributed by atoms with E-state index in [1.54, 1.807) is 20.1 Å². The molecule has 4 rings (SSSR count). The van der Waals surface area contributed by atoms with Crippen molar-refractivity contribution in [3.05, 3.63) is 63.9 Å². The molecule has 0 aliphatic carbocycles. The molecule has 7 heteroatoms. The van der Waals surface area contributed by atoms with Crippen LogP contribution in [-0.4, -0.2) is 46.5 Å². The Balaban J connectivity index is 1.71. The number of nitrogens with zero attached hydrogens (tertiary/aromatic N) is 3. The minimum absolute atomic E-state index is 0.00510. The summed E-state index contributed by atoms with van der Waals surface area (Å²) in [6.45, 7) is 6.43. The number of para-hydroxylation sites is 1. The number of carbonyl (C=O) groups excluding carboxylic acids is 1. The highest BCUT2D eigenvalue weighted by Crippen LogP contribution is 2.29. The number of benzene rings is 2. The summed E-state index contributed by atoms with van der Waals surface area (Å²) in [5.74, 6) is 1.29. The van der Waals surface area contributed by atoms with Crippen LogP contribution in [-0.2, 0) is 12.3 Å². The molecule has 1 atom stereocenters. The first-order chi connectivity index (χ1) is 15.5. The fraction of sp³-hybridized carbons (Fsp3) is 0.400. The Hall–Kier alpha value is -2.64. The van der Waals surface area contributed by atoms with Gasteiger partial charge in [0.15, 0.2) is 10.9 Å². The summed E-state index contributed by atoms with van der Waals surface area (Å²) in [5.41, 5.74) is 2.27. The first kappa shape index (κ1) is 22.6. The topological polar surface area (TPSA) is 64.4 Å². The molecule has 0 saturated carbocycles. The molecule has 0 radical (unpaired) electrons. The molecule has 32 heavy (non-hydrogen) atoms. The van der Waals surface area contributed by atoms with Gasteiger partial charge in [-0.15, -0.1) is 0 Å². The van der Waals surface area contributed by atoms with Gasteiger partial charge in [-0.2, -0.15) is 0 Å². The van der Waals surface area contributed by atoms with Crippen LogP contribution in [0.3, 0.4) is 0 Å². The number of likely N-dealkylation sites (tertiary alicyclic amines) is 1. The fourth-order valence-electron chi connectivity index (χ4n) is 4.40. The van der Waals surface area contributed by atoms with Gasteiger partial charge in [0.1, 0.15) is 5.75 Å². The minimum Gasteiger partial charge on any atom is -0.496 e. The van der Waals surface area contributed by atoms with Gasteiger partial charge in [0, 0.05) is 29.5 Å². The summed E-state index contributed by atoms with van der Waals surface area (Å²) in [5, 5.41) is 1.35. The SMILES string of the molecule is CCN1CCC[C@H]1Cn1c(SCc2cc(C(C)=O)ccc2OC)nc2ccccc2c1=O. The second kappa shape index (κ2) is 9.88. The van der Waals surface area contributed by atoms with Gasteiger partial charge in [0.05, 0.1) is 18.0 Å². The van der Waals surface area contributed by atoms with Gasteiger partial charge < -0.3 is 4.74 Å². The van der Waals surface area contributed by atoms with E-state index in [0.29, 0.717) is 40.0 Å². The number of hydrogen-bond donors (Lipinski definition) is 0. The van der Waals surface area contributed by atoms with Crippen LogP contribution in [0.1, 0.15) is 42.6 Å². The molecule has 2 aromatic carbocycles. The first-order valence-corrected chi connectivity index (χ1v) is 12.0. The van der Waals surface area contributed by atoms with Crippen molar-refractivity contribution in [2.24, 2.45) is 0 Å². The van der Waals surface area contributed by atoms with Crippen molar-refractivity contribution in [3.63, 3.8) is 0 Å². The molecule has 0 spiro atoms. The third kappa shape index (κ3) is 4.59. The smallest absolute Gasteiger partial charge is 0.262 e. The predicted octanol–water partition coefficient (Wildman–Crippen LogP) is 4.38. The van der Waals surface area contributed by atoms with Crippen LogP contribution in [0.5, 0.6) is 5.75 Å². The Bertz CT molecular complexity index is 1190. The molecule has 1 aliphatic rings. The maximum atomic E-state index is 13.4. The van der Waals surface area contributed by atoms with Crippen molar-refractivity contribution in [1.82, 2.24) is 14.5 Å². The van der Waals surface area contributed by atoms with E-state index in [9.17, 15) is 9.59 Å². The molecule has 1 aromatic heterocycles. The van der Waals surface area contributed by atoms with E-state index in [2.05, 4.69) is 11.8 Å². The average Bonchev–Trinajstić information content (AvgIpc) is 3.26. The fourth-order valence-corrected chi connectivity index (χ4v) is 5.39. The van der Waals surface area contributed by atoms with Crippen LogP contribution in [0.15, 0.2) is 52.4 Å². The second-order valence-corrected chi connectivity index (χ2v) is 9.07. The van der Waals surface area contributed by atoms with E-state index in [1.807, 2.05) is 41.0 Å². The van der Waals surface area contributed by atoms with Crippen LogP contribution in [0.4, 0.5) is 0 Å². The van der Waals surface area contributed by atoms with Crippen molar-refractivity contribution < 1.29 is 9.53 Å². The maximum absolute atomic E-state index is 13.4. The summed E-state index contributed by atoms with van der Waals surface area (Å²) >= 11 is 1.51. The molecule has 3 aromatic rings. The quantitative estimate of drug-likeness (QED) is 0.288. The number of hydrogen-bond acceptors (Lipinski definition) is 6. The Labute approximate surface area is 192 Å². The van der Waals surface area contributed by atoms with Gasteiger partial charge in [-0.1, -0.05) is 30.8 Å². The van der Waals surface area contributed by atoms with Gasteiger partial charge in [-0.25, -0.2) is 4.98 Å². The number of Topliss-reactive ketones (excluding diaryl/α,β-unsaturated/α-hetero) is 1. The minimum atomic E-state index is 0.00510. The number of ketones is 1. The van der Waals surface area contributed by atoms with Gasteiger partial charge in [-0.3, -0.25) is 19.1 Å². The standard InChI is InChI=1S/C25H29N3O3S/c1-4-27-13-7-8-20(27)15-28-24(30)21-9-5-6-10-22(21)26-25(28)32-16-19-14-18(17(2)29)11-12-23(19)31-3/h5-6,9-12,14,20H,4,7-8,13,15-16H2,1-3H3/t20-/m0/s1.